The van der Waals surface area contributed by atoms with E-state index in [1.54, 1.807) is 31.3 Å². The highest BCUT2D eigenvalue weighted by Crippen LogP contribution is 2.13. The molecule has 6 heteroatoms. The number of hydrogen-bond acceptors (Lipinski definition) is 6. The smallest absolute Gasteiger partial charge is 0.461 e. The molecule has 0 saturated carbocycles. The van der Waals surface area contributed by atoms with Crippen molar-refractivity contribution in [2.24, 2.45) is 0 Å². The molecule has 19 heavy (non-hydrogen) atoms. The highest BCUT2D eigenvalue weighted by Gasteiger charge is 2.05. The number of hydrogen-bond donors (Lipinski definition) is 1. The van der Waals surface area contributed by atoms with Gasteiger partial charge in [-0.2, -0.15) is 0 Å². The Kier molecular flexibility index (Phi) is 6.38. The lowest BCUT2D eigenvalue weighted by Gasteiger charge is -2.06. The average molecular weight is 267 g/mol. The minimum Gasteiger partial charge on any atom is -0.461 e. The van der Waals surface area contributed by atoms with Crippen LogP contribution in [0.1, 0.15) is 12.5 Å². The van der Waals surface area contributed by atoms with E-state index in [0.717, 1.165) is 5.56 Å². The predicted molar refractivity (Wildman–Crippen MR) is 67.8 cm³/mol. The maximum atomic E-state index is 11.2. The molecule has 0 atom stereocenters. The van der Waals surface area contributed by atoms with E-state index in [2.05, 4.69) is 5.32 Å². The van der Waals surface area contributed by atoms with E-state index in [9.17, 15) is 9.59 Å². The van der Waals surface area contributed by atoms with Gasteiger partial charge in [-0.25, -0.2) is 4.79 Å². The van der Waals surface area contributed by atoms with Gasteiger partial charge in [0.25, 0.3) is 0 Å². The van der Waals surface area contributed by atoms with Gasteiger partial charge in [0.05, 0.1) is 0 Å². The Balaban J connectivity index is 2.39. The first kappa shape index (κ1) is 15.0. The Bertz CT molecular complexity index is 416. The first-order valence-electron chi connectivity index (χ1n) is 5.83. The lowest BCUT2D eigenvalue weighted by atomic mass is 10.2. The first-order chi connectivity index (χ1) is 9.11. The van der Waals surface area contributed by atoms with Crippen molar-refractivity contribution in [3.05, 3.63) is 29.8 Å². The minimum absolute atomic E-state index is 0.197. The van der Waals surface area contributed by atoms with Crippen LogP contribution < -0.4 is 10.1 Å². The Morgan fingerprint density at radius 2 is 1.84 bits per heavy atom. The third-order valence-electron chi connectivity index (χ3n) is 2.14. The maximum Gasteiger partial charge on any atom is 0.513 e. The second-order valence-corrected chi connectivity index (χ2v) is 3.73. The fourth-order valence-electron chi connectivity index (χ4n) is 1.20. The van der Waals surface area contributed by atoms with Crippen molar-refractivity contribution in [1.82, 2.24) is 5.32 Å². The molecule has 0 amide bonds. The Morgan fingerprint density at radius 3 is 2.42 bits per heavy atom. The molecule has 0 aliphatic heterocycles. The van der Waals surface area contributed by atoms with E-state index in [1.807, 2.05) is 0 Å². The van der Waals surface area contributed by atoms with E-state index in [1.165, 1.54) is 6.92 Å². The Labute approximate surface area is 111 Å². The van der Waals surface area contributed by atoms with Crippen LogP contribution in [0.5, 0.6) is 5.75 Å². The number of carbonyl (C=O) groups is 2. The zero-order valence-corrected chi connectivity index (χ0v) is 11.0. The SMILES string of the molecule is CNCCOC(=O)Oc1ccc(COC(C)=O)cc1. The predicted octanol–water partition coefficient (Wildman–Crippen LogP) is 1.48. The molecule has 104 valence electrons. The first-order valence-corrected chi connectivity index (χ1v) is 5.83. The van der Waals surface area contributed by atoms with E-state index in [-0.39, 0.29) is 19.2 Å². The molecule has 0 radical (unpaired) electrons. The van der Waals surface area contributed by atoms with Crippen LogP contribution in [0.3, 0.4) is 0 Å². The summed E-state index contributed by atoms with van der Waals surface area (Å²) in [6.45, 7) is 2.36. The summed E-state index contributed by atoms with van der Waals surface area (Å²) in [5.41, 5.74) is 0.811. The molecule has 0 unspecified atom stereocenters. The van der Waals surface area contributed by atoms with E-state index in [0.29, 0.717) is 12.3 Å². The number of likely N-dealkylation sites (N-methyl/N-ethyl adjacent to an activating group) is 1. The molecule has 1 N–H and O–H groups in total. The van der Waals surface area contributed by atoms with E-state index < -0.39 is 6.16 Å². The summed E-state index contributed by atoms with van der Waals surface area (Å²) in [6, 6.07) is 6.63. The molecule has 0 aromatic heterocycles. The lowest BCUT2D eigenvalue weighted by molar-refractivity contribution is -0.142. The van der Waals surface area contributed by atoms with Gasteiger partial charge in [0.1, 0.15) is 19.0 Å². The van der Waals surface area contributed by atoms with E-state index in [4.69, 9.17) is 14.2 Å². The number of rotatable bonds is 6. The largest absolute Gasteiger partial charge is 0.513 e. The van der Waals surface area contributed by atoms with Crippen LogP contribution in [0.4, 0.5) is 4.79 Å². The van der Waals surface area contributed by atoms with Gasteiger partial charge in [-0.05, 0) is 24.7 Å². The van der Waals surface area contributed by atoms with Crippen molar-refractivity contribution in [2.75, 3.05) is 20.2 Å². The standard InChI is InChI=1S/C13H17NO5/c1-10(15)18-9-11-3-5-12(6-4-11)19-13(16)17-8-7-14-2/h3-6,14H,7-9H2,1-2H3. The van der Waals surface area contributed by atoms with Gasteiger partial charge in [0.15, 0.2) is 0 Å². The van der Waals surface area contributed by atoms with Crippen LogP contribution in [0, 0.1) is 0 Å². The number of esters is 1. The summed E-state index contributed by atoms with van der Waals surface area (Å²) < 4.78 is 14.6. The van der Waals surface area contributed by atoms with Gasteiger partial charge in [0.2, 0.25) is 0 Å². The Morgan fingerprint density at radius 1 is 1.16 bits per heavy atom. The number of carbonyl (C=O) groups excluding carboxylic acids is 2. The fraction of sp³-hybridized carbons (Fsp3) is 0.385. The molecule has 0 fully saturated rings. The molecule has 0 aliphatic rings. The molecular formula is C13H17NO5. The van der Waals surface area contributed by atoms with Crippen LogP contribution in [-0.2, 0) is 20.9 Å². The maximum absolute atomic E-state index is 11.2. The summed E-state index contributed by atoms with van der Waals surface area (Å²) >= 11 is 0. The van der Waals surface area contributed by atoms with Crippen LogP contribution in [0.25, 0.3) is 0 Å². The third kappa shape index (κ3) is 6.42. The third-order valence-corrected chi connectivity index (χ3v) is 2.14. The molecule has 0 aliphatic carbocycles. The van der Waals surface area contributed by atoms with Crippen molar-refractivity contribution >= 4 is 12.1 Å². The highest BCUT2D eigenvalue weighted by molar-refractivity contribution is 5.66. The van der Waals surface area contributed by atoms with Gasteiger partial charge < -0.3 is 19.5 Å². The number of ether oxygens (including phenoxy) is 3. The molecule has 0 spiro atoms. The van der Waals surface area contributed by atoms with Crippen molar-refractivity contribution < 1.29 is 23.8 Å². The monoisotopic (exact) mass is 267 g/mol. The zero-order chi connectivity index (χ0) is 14.1. The van der Waals surface area contributed by atoms with Crippen molar-refractivity contribution in [2.45, 2.75) is 13.5 Å². The summed E-state index contributed by atoms with van der Waals surface area (Å²) in [7, 11) is 1.76. The van der Waals surface area contributed by atoms with Crippen LogP contribution in [0.2, 0.25) is 0 Å². The molecule has 1 aromatic carbocycles. The van der Waals surface area contributed by atoms with Crippen molar-refractivity contribution in [3.8, 4) is 5.75 Å². The van der Waals surface area contributed by atoms with Crippen LogP contribution in [-0.4, -0.2) is 32.3 Å². The van der Waals surface area contributed by atoms with Gasteiger partial charge in [-0.15, -0.1) is 0 Å². The van der Waals surface area contributed by atoms with Crippen LogP contribution >= 0.6 is 0 Å². The second-order valence-electron chi connectivity index (χ2n) is 3.73. The molecule has 6 nitrogen and oxygen atoms in total. The summed E-state index contributed by atoms with van der Waals surface area (Å²) in [6.07, 6.45) is -0.747. The summed E-state index contributed by atoms with van der Waals surface area (Å²) in [5, 5.41) is 2.84. The highest BCUT2D eigenvalue weighted by atomic mass is 16.7. The Hall–Kier alpha value is -2.08. The van der Waals surface area contributed by atoms with Gasteiger partial charge in [-0.3, -0.25) is 4.79 Å². The second kappa shape index (κ2) is 8.10. The zero-order valence-electron chi connectivity index (χ0n) is 11.0. The summed E-state index contributed by atoms with van der Waals surface area (Å²) in [5.74, 6) is 0.0365. The molecule has 0 bridgehead atoms. The molecule has 1 rings (SSSR count). The van der Waals surface area contributed by atoms with E-state index >= 15 is 0 Å². The van der Waals surface area contributed by atoms with Crippen molar-refractivity contribution in [3.63, 3.8) is 0 Å². The summed E-state index contributed by atoms with van der Waals surface area (Å²) in [4.78, 5) is 21.9. The quantitative estimate of drug-likeness (QED) is 0.478. The minimum atomic E-state index is -0.747. The number of benzene rings is 1. The van der Waals surface area contributed by atoms with Crippen LogP contribution in [0.15, 0.2) is 24.3 Å². The fourth-order valence-corrected chi connectivity index (χ4v) is 1.20. The molecule has 0 saturated heterocycles. The van der Waals surface area contributed by atoms with Gasteiger partial charge >= 0.3 is 12.1 Å². The molecule has 1 aromatic rings. The normalized spacial score (nSPS) is 9.79. The topological polar surface area (TPSA) is 73.9 Å². The van der Waals surface area contributed by atoms with Gasteiger partial charge in [-0.1, -0.05) is 12.1 Å². The molecule has 0 heterocycles. The molecular weight excluding hydrogens is 250 g/mol. The average Bonchev–Trinajstić information content (AvgIpc) is 2.38. The van der Waals surface area contributed by atoms with Gasteiger partial charge in [0, 0.05) is 13.5 Å². The van der Waals surface area contributed by atoms with Crippen molar-refractivity contribution in [1.29, 1.82) is 0 Å². The number of nitrogens with one attached hydrogen (secondary N) is 1. The lowest BCUT2D eigenvalue weighted by Crippen LogP contribution is -2.19.